The quantitative estimate of drug-likeness (QED) is 0.742. The molecule has 0 radical (unpaired) electrons. The number of nitrogens with one attached hydrogen (secondary N) is 1. The first-order valence-corrected chi connectivity index (χ1v) is 6.65. The van der Waals surface area contributed by atoms with Crippen molar-refractivity contribution in [2.45, 2.75) is 13.5 Å². The van der Waals surface area contributed by atoms with E-state index in [1.54, 1.807) is 5.51 Å². The number of thiazole rings is 1. The Hall–Kier alpha value is -0.500. The Morgan fingerprint density at radius 2 is 2.36 bits per heavy atom. The zero-order chi connectivity index (χ0) is 10.6. The van der Waals surface area contributed by atoms with Crippen molar-refractivity contribution in [3.63, 3.8) is 0 Å². The zero-order valence-electron chi connectivity index (χ0n) is 7.86. The van der Waals surface area contributed by atoms with E-state index in [9.17, 15) is 8.42 Å². The number of nitrogens with zero attached hydrogens (tertiary/aromatic N) is 1. The smallest absolute Gasteiger partial charge is 0.213 e. The summed E-state index contributed by atoms with van der Waals surface area (Å²) in [5, 5.41) is 0. The fourth-order valence-corrected chi connectivity index (χ4v) is 2.53. The Labute approximate surface area is 87.4 Å². The average molecular weight is 235 g/mol. The first kappa shape index (κ1) is 11.6. The first-order chi connectivity index (χ1) is 6.55. The van der Waals surface area contributed by atoms with Crippen LogP contribution in [0.5, 0.6) is 0 Å². The first-order valence-electron chi connectivity index (χ1n) is 4.11. The van der Waals surface area contributed by atoms with E-state index in [4.69, 9.17) is 5.73 Å². The van der Waals surface area contributed by atoms with Gasteiger partial charge in [0.05, 0.1) is 17.0 Å². The number of sulfonamides is 1. The average Bonchev–Trinajstić information content (AvgIpc) is 2.48. The number of hydrogen-bond donors (Lipinski definition) is 2. The fourth-order valence-electron chi connectivity index (χ4n) is 0.899. The molecule has 0 saturated heterocycles. The van der Waals surface area contributed by atoms with Crippen LogP contribution in [0.4, 0.5) is 0 Å². The molecule has 0 saturated carbocycles. The van der Waals surface area contributed by atoms with Crippen LogP contribution in [0.15, 0.2) is 5.51 Å². The summed E-state index contributed by atoms with van der Waals surface area (Å²) >= 11 is 1.44. The minimum Gasteiger partial charge on any atom is -0.329 e. The highest BCUT2D eigenvalue weighted by Crippen LogP contribution is 2.11. The summed E-state index contributed by atoms with van der Waals surface area (Å²) in [4.78, 5) is 4.96. The van der Waals surface area contributed by atoms with Crippen LogP contribution in [0, 0.1) is 6.92 Å². The van der Waals surface area contributed by atoms with Gasteiger partial charge in [-0.3, -0.25) is 0 Å². The largest absolute Gasteiger partial charge is 0.329 e. The van der Waals surface area contributed by atoms with Crippen molar-refractivity contribution in [2.24, 2.45) is 5.73 Å². The van der Waals surface area contributed by atoms with E-state index in [0.717, 1.165) is 10.6 Å². The second kappa shape index (κ2) is 4.83. The summed E-state index contributed by atoms with van der Waals surface area (Å²) in [6, 6.07) is 0. The third kappa shape index (κ3) is 3.33. The van der Waals surface area contributed by atoms with Crippen LogP contribution >= 0.6 is 11.3 Å². The summed E-state index contributed by atoms with van der Waals surface area (Å²) in [5.74, 6) is -0.0369. The standard InChI is InChI=1S/C7H13N3O2S2/c1-6-7(13-5-9-6)4-10-14(11,12)3-2-8/h5,10H,2-4,8H2,1H3. The van der Waals surface area contributed by atoms with Crippen molar-refractivity contribution in [3.05, 3.63) is 16.1 Å². The van der Waals surface area contributed by atoms with E-state index in [-0.39, 0.29) is 12.3 Å². The number of hydrogen-bond acceptors (Lipinski definition) is 5. The molecule has 0 aromatic carbocycles. The third-order valence-corrected chi connectivity index (χ3v) is 3.98. The molecule has 1 aromatic rings. The van der Waals surface area contributed by atoms with Crippen molar-refractivity contribution < 1.29 is 8.42 Å². The third-order valence-electron chi connectivity index (χ3n) is 1.68. The fraction of sp³-hybridized carbons (Fsp3) is 0.571. The van der Waals surface area contributed by atoms with Gasteiger partial charge >= 0.3 is 0 Å². The molecule has 5 nitrogen and oxygen atoms in total. The van der Waals surface area contributed by atoms with Crippen LogP contribution in [0.2, 0.25) is 0 Å². The Balaban J connectivity index is 2.53. The maximum absolute atomic E-state index is 11.2. The van der Waals surface area contributed by atoms with Gasteiger partial charge in [0, 0.05) is 18.0 Å². The van der Waals surface area contributed by atoms with Gasteiger partial charge in [-0.1, -0.05) is 0 Å². The van der Waals surface area contributed by atoms with Crippen LogP contribution in [0.25, 0.3) is 0 Å². The number of aromatic nitrogens is 1. The molecule has 0 bridgehead atoms. The second-order valence-corrected chi connectivity index (χ2v) is 5.66. The van der Waals surface area contributed by atoms with E-state index >= 15 is 0 Å². The maximum atomic E-state index is 11.2. The molecule has 1 heterocycles. The van der Waals surface area contributed by atoms with Crippen LogP contribution in [-0.4, -0.2) is 25.7 Å². The van der Waals surface area contributed by atoms with E-state index in [1.807, 2.05) is 6.92 Å². The second-order valence-electron chi connectivity index (χ2n) is 2.79. The lowest BCUT2D eigenvalue weighted by Crippen LogP contribution is -2.29. The molecule has 1 rings (SSSR count). The molecule has 7 heteroatoms. The van der Waals surface area contributed by atoms with E-state index in [2.05, 4.69) is 9.71 Å². The Morgan fingerprint density at radius 3 is 2.86 bits per heavy atom. The van der Waals surface area contributed by atoms with Crippen molar-refractivity contribution in [1.82, 2.24) is 9.71 Å². The summed E-state index contributed by atoms with van der Waals surface area (Å²) in [6.45, 7) is 2.29. The highest BCUT2D eigenvalue weighted by atomic mass is 32.2. The van der Waals surface area contributed by atoms with E-state index in [1.165, 1.54) is 11.3 Å². The van der Waals surface area contributed by atoms with Crippen molar-refractivity contribution in [1.29, 1.82) is 0 Å². The SMILES string of the molecule is Cc1ncsc1CNS(=O)(=O)CCN. The predicted octanol–water partition coefficient (Wildman–Crippen LogP) is -0.170. The molecule has 3 N–H and O–H groups in total. The topological polar surface area (TPSA) is 85.1 Å². The van der Waals surface area contributed by atoms with Gasteiger partial charge in [0.25, 0.3) is 0 Å². The lowest BCUT2D eigenvalue weighted by atomic mass is 10.4. The Morgan fingerprint density at radius 1 is 1.64 bits per heavy atom. The van der Waals surface area contributed by atoms with Gasteiger partial charge in [0.2, 0.25) is 10.0 Å². The minimum absolute atomic E-state index is 0.0369. The predicted molar refractivity (Wildman–Crippen MR) is 56.5 cm³/mol. The van der Waals surface area contributed by atoms with Gasteiger partial charge < -0.3 is 5.73 Å². The van der Waals surface area contributed by atoms with E-state index in [0.29, 0.717) is 6.54 Å². The van der Waals surface area contributed by atoms with Gasteiger partial charge in [0.1, 0.15) is 0 Å². The number of aryl methyl sites for hydroxylation is 1. The highest BCUT2D eigenvalue weighted by molar-refractivity contribution is 7.89. The van der Waals surface area contributed by atoms with Gasteiger partial charge in [-0.15, -0.1) is 11.3 Å². The van der Waals surface area contributed by atoms with Crippen molar-refractivity contribution in [2.75, 3.05) is 12.3 Å². The lowest BCUT2D eigenvalue weighted by Gasteiger charge is -2.03. The highest BCUT2D eigenvalue weighted by Gasteiger charge is 2.09. The molecule has 80 valence electrons. The lowest BCUT2D eigenvalue weighted by molar-refractivity contribution is 0.581. The number of rotatable bonds is 5. The Bertz CT molecular complexity index is 385. The molecule has 0 aliphatic rings. The van der Waals surface area contributed by atoms with Gasteiger partial charge in [-0.2, -0.15) is 0 Å². The van der Waals surface area contributed by atoms with Gasteiger partial charge in [-0.25, -0.2) is 18.1 Å². The van der Waals surface area contributed by atoms with E-state index < -0.39 is 10.0 Å². The molecule has 0 aliphatic carbocycles. The van der Waals surface area contributed by atoms with Crippen LogP contribution < -0.4 is 10.5 Å². The molecule has 0 atom stereocenters. The zero-order valence-corrected chi connectivity index (χ0v) is 9.49. The molecule has 0 unspecified atom stereocenters. The van der Waals surface area contributed by atoms with Gasteiger partial charge in [0.15, 0.2) is 0 Å². The molecule has 1 aromatic heterocycles. The van der Waals surface area contributed by atoms with Crippen molar-refractivity contribution in [3.8, 4) is 0 Å². The molecule has 0 amide bonds. The molecule has 0 spiro atoms. The monoisotopic (exact) mass is 235 g/mol. The molecular formula is C7H13N3O2S2. The summed E-state index contributed by atoms with van der Waals surface area (Å²) in [5.41, 5.74) is 7.73. The molecule has 0 aliphatic heterocycles. The minimum atomic E-state index is -3.22. The van der Waals surface area contributed by atoms with Gasteiger partial charge in [-0.05, 0) is 6.92 Å². The van der Waals surface area contributed by atoms with Crippen molar-refractivity contribution >= 4 is 21.4 Å². The van der Waals surface area contributed by atoms with Crippen LogP contribution in [0.3, 0.4) is 0 Å². The van der Waals surface area contributed by atoms with Crippen LogP contribution in [0.1, 0.15) is 10.6 Å². The molecular weight excluding hydrogens is 222 g/mol. The summed E-state index contributed by atoms with van der Waals surface area (Å²) < 4.78 is 24.9. The molecule has 14 heavy (non-hydrogen) atoms. The summed E-state index contributed by atoms with van der Waals surface area (Å²) in [7, 11) is -3.22. The van der Waals surface area contributed by atoms with Crippen LogP contribution in [-0.2, 0) is 16.6 Å². The number of nitrogens with two attached hydrogens (primary N) is 1. The summed E-state index contributed by atoms with van der Waals surface area (Å²) in [6.07, 6.45) is 0. The Kier molecular flexibility index (Phi) is 3.99. The normalized spacial score (nSPS) is 11.9. The maximum Gasteiger partial charge on any atom is 0.213 e. The molecule has 0 fully saturated rings.